The fourth-order valence-corrected chi connectivity index (χ4v) is 4.21. The molecule has 3 aromatic carbocycles. The molecule has 3 N–H and O–H groups in total. The van der Waals surface area contributed by atoms with Gasteiger partial charge in [0.15, 0.2) is 5.75 Å². The van der Waals surface area contributed by atoms with E-state index in [0.29, 0.717) is 10.8 Å². The first kappa shape index (κ1) is 24.4. The molecular formula is C22H18Cl2N2O6S. The number of hydrogen-bond acceptors (Lipinski definition) is 5. The minimum atomic E-state index is -4.01. The number of nitrogens with one attached hydrogen (secondary N) is 2. The molecule has 0 aliphatic carbocycles. The van der Waals surface area contributed by atoms with E-state index in [-0.39, 0.29) is 39.9 Å². The van der Waals surface area contributed by atoms with Gasteiger partial charge in [0.25, 0.3) is 15.9 Å². The number of benzene rings is 3. The number of carboxylic acid groups (broad SMARTS) is 1. The van der Waals surface area contributed by atoms with Gasteiger partial charge in [-0.2, -0.15) is 0 Å². The number of halogens is 2. The predicted octanol–water partition coefficient (Wildman–Crippen LogP) is 4.79. The molecule has 3 aromatic rings. The zero-order valence-corrected chi connectivity index (χ0v) is 19.2. The van der Waals surface area contributed by atoms with Crippen LogP contribution in [0.15, 0.2) is 71.6 Å². The molecule has 0 aliphatic heterocycles. The molecule has 8 nitrogen and oxygen atoms in total. The maximum absolute atomic E-state index is 12.9. The molecule has 11 heteroatoms. The summed E-state index contributed by atoms with van der Waals surface area (Å²) in [4.78, 5) is 22.5. The average Bonchev–Trinajstić information content (AvgIpc) is 2.76. The highest BCUT2D eigenvalue weighted by molar-refractivity contribution is 7.92. The third kappa shape index (κ3) is 6.61. The predicted molar refractivity (Wildman–Crippen MR) is 125 cm³/mol. The summed E-state index contributed by atoms with van der Waals surface area (Å²) >= 11 is 12.0. The van der Waals surface area contributed by atoms with E-state index >= 15 is 0 Å². The molecular weight excluding hydrogens is 491 g/mol. The lowest BCUT2D eigenvalue weighted by molar-refractivity contribution is -0.136. The van der Waals surface area contributed by atoms with Crippen LogP contribution in [0.25, 0.3) is 0 Å². The van der Waals surface area contributed by atoms with Gasteiger partial charge >= 0.3 is 5.97 Å². The first-order valence-electron chi connectivity index (χ1n) is 9.50. The molecule has 0 aliphatic rings. The second kappa shape index (κ2) is 10.6. The number of carboxylic acids is 1. The van der Waals surface area contributed by atoms with Crippen molar-refractivity contribution in [1.29, 1.82) is 0 Å². The Morgan fingerprint density at radius 2 is 1.64 bits per heavy atom. The van der Waals surface area contributed by atoms with Crippen molar-refractivity contribution in [1.82, 2.24) is 5.32 Å². The Kier molecular flexibility index (Phi) is 7.80. The first-order chi connectivity index (χ1) is 15.7. The van der Waals surface area contributed by atoms with Gasteiger partial charge in [-0.3, -0.25) is 14.3 Å². The number of ether oxygens (including phenoxy) is 1. The minimum Gasteiger partial charge on any atom is -0.481 e. The Morgan fingerprint density at radius 3 is 2.30 bits per heavy atom. The zero-order chi connectivity index (χ0) is 24.0. The summed E-state index contributed by atoms with van der Waals surface area (Å²) in [6, 6.07) is 16.3. The molecule has 0 bridgehead atoms. The lowest BCUT2D eigenvalue weighted by Gasteiger charge is -2.14. The molecule has 0 fully saturated rings. The van der Waals surface area contributed by atoms with Crippen LogP contribution < -0.4 is 14.8 Å². The molecule has 0 heterocycles. The number of sulfonamides is 1. The molecule has 0 spiro atoms. The number of aliphatic carboxylic acids is 1. The largest absolute Gasteiger partial charge is 0.481 e. The van der Waals surface area contributed by atoms with Crippen LogP contribution in [0.3, 0.4) is 0 Å². The van der Waals surface area contributed by atoms with Crippen molar-refractivity contribution >= 4 is 50.8 Å². The molecule has 0 radical (unpaired) electrons. The summed E-state index contributed by atoms with van der Waals surface area (Å²) in [6.07, 6.45) is -0.217. The van der Waals surface area contributed by atoms with Crippen molar-refractivity contribution in [3.63, 3.8) is 0 Å². The lowest BCUT2D eigenvalue weighted by Crippen LogP contribution is -2.26. The van der Waals surface area contributed by atoms with Crippen LogP contribution >= 0.6 is 23.2 Å². The van der Waals surface area contributed by atoms with E-state index in [0.717, 1.165) is 0 Å². The SMILES string of the molecule is O=C(O)CCNC(=O)c1ccc(S(=O)(=O)Nc2ccccc2Oc2ccc(Cl)cc2Cl)cc1. The Hall–Kier alpha value is -3.27. The van der Waals surface area contributed by atoms with E-state index < -0.39 is 21.9 Å². The van der Waals surface area contributed by atoms with Gasteiger partial charge in [-0.15, -0.1) is 0 Å². The summed E-state index contributed by atoms with van der Waals surface area (Å²) in [5.74, 6) is -1.03. The molecule has 0 atom stereocenters. The van der Waals surface area contributed by atoms with Crippen molar-refractivity contribution in [2.45, 2.75) is 11.3 Å². The first-order valence-corrected chi connectivity index (χ1v) is 11.7. The monoisotopic (exact) mass is 508 g/mol. The second-order valence-corrected chi connectivity index (χ2v) is 9.23. The topological polar surface area (TPSA) is 122 Å². The maximum Gasteiger partial charge on any atom is 0.305 e. The number of amides is 1. The third-order valence-corrected chi connectivity index (χ3v) is 6.21. The van der Waals surface area contributed by atoms with Crippen LogP contribution in [0.5, 0.6) is 11.5 Å². The van der Waals surface area contributed by atoms with Gasteiger partial charge in [-0.1, -0.05) is 35.3 Å². The van der Waals surface area contributed by atoms with E-state index in [2.05, 4.69) is 10.0 Å². The van der Waals surface area contributed by atoms with Crippen molar-refractivity contribution in [2.75, 3.05) is 11.3 Å². The van der Waals surface area contributed by atoms with Gasteiger partial charge in [0.2, 0.25) is 0 Å². The van der Waals surface area contributed by atoms with E-state index in [1.165, 1.54) is 36.4 Å². The van der Waals surface area contributed by atoms with Crippen LogP contribution in [0.1, 0.15) is 16.8 Å². The highest BCUT2D eigenvalue weighted by atomic mass is 35.5. The summed E-state index contributed by atoms with van der Waals surface area (Å²) in [5, 5.41) is 11.8. The maximum atomic E-state index is 12.9. The molecule has 0 saturated heterocycles. The number of carbonyl (C=O) groups is 2. The van der Waals surface area contributed by atoms with Crippen molar-refractivity contribution in [3.05, 3.63) is 82.3 Å². The minimum absolute atomic E-state index is 0.0375. The van der Waals surface area contributed by atoms with Gasteiger partial charge in [-0.05, 0) is 54.6 Å². The lowest BCUT2D eigenvalue weighted by atomic mass is 10.2. The average molecular weight is 509 g/mol. The van der Waals surface area contributed by atoms with Gasteiger partial charge in [0.1, 0.15) is 5.75 Å². The summed E-state index contributed by atoms with van der Waals surface area (Å²) < 4.78 is 34.0. The van der Waals surface area contributed by atoms with E-state index in [9.17, 15) is 18.0 Å². The van der Waals surface area contributed by atoms with Gasteiger partial charge in [0, 0.05) is 17.1 Å². The van der Waals surface area contributed by atoms with Gasteiger partial charge < -0.3 is 15.2 Å². The number of para-hydroxylation sites is 2. The second-order valence-electron chi connectivity index (χ2n) is 6.70. The Balaban J connectivity index is 1.75. The van der Waals surface area contributed by atoms with Crippen LogP contribution in [0, 0.1) is 0 Å². The molecule has 0 unspecified atom stereocenters. The number of rotatable bonds is 9. The van der Waals surface area contributed by atoms with Crippen LogP contribution in [-0.4, -0.2) is 31.9 Å². The highest BCUT2D eigenvalue weighted by Crippen LogP contribution is 2.35. The van der Waals surface area contributed by atoms with E-state index in [4.69, 9.17) is 33.0 Å². The van der Waals surface area contributed by atoms with Gasteiger partial charge in [-0.25, -0.2) is 8.42 Å². The van der Waals surface area contributed by atoms with E-state index in [1.807, 2.05) is 0 Å². The van der Waals surface area contributed by atoms with Crippen molar-refractivity contribution in [3.8, 4) is 11.5 Å². The smallest absolute Gasteiger partial charge is 0.305 e. The number of carbonyl (C=O) groups excluding carboxylic acids is 1. The normalized spacial score (nSPS) is 11.0. The molecule has 1 amide bonds. The molecule has 0 saturated carbocycles. The Morgan fingerprint density at radius 1 is 0.939 bits per heavy atom. The van der Waals surface area contributed by atoms with Crippen LogP contribution in [0.4, 0.5) is 5.69 Å². The Labute approximate surface area is 200 Å². The number of anilines is 1. The van der Waals surface area contributed by atoms with Crippen LogP contribution in [-0.2, 0) is 14.8 Å². The standard InChI is InChI=1S/C22H18Cl2N2O6S/c23-15-7-10-19(17(24)13-15)32-20-4-2-1-3-18(20)26-33(30,31)16-8-5-14(6-9-16)22(29)25-12-11-21(27)28/h1-10,13,26H,11-12H2,(H,25,29)(H,27,28). The molecule has 0 aromatic heterocycles. The van der Waals surface area contributed by atoms with Crippen molar-refractivity contribution in [2.24, 2.45) is 0 Å². The third-order valence-electron chi connectivity index (χ3n) is 4.30. The highest BCUT2D eigenvalue weighted by Gasteiger charge is 2.18. The summed E-state index contributed by atoms with van der Waals surface area (Å²) in [6.45, 7) is -0.0375. The molecule has 172 valence electrons. The van der Waals surface area contributed by atoms with E-state index in [1.54, 1.807) is 30.3 Å². The molecule has 3 rings (SSSR count). The van der Waals surface area contributed by atoms with Gasteiger partial charge in [0.05, 0.1) is 22.0 Å². The van der Waals surface area contributed by atoms with Crippen molar-refractivity contribution < 1.29 is 27.9 Å². The summed E-state index contributed by atoms with van der Waals surface area (Å²) in [5.41, 5.74) is 0.374. The summed E-state index contributed by atoms with van der Waals surface area (Å²) in [7, 11) is -4.01. The molecule has 33 heavy (non-hydrogen) atoms. The van der Waals surface area contributed by atoms with Crippen LogP contribution in [0.2, 0.25) is 10.0 Å². The number of hydrogen-bond donors (Lipinski definition) is 3. The quantitative estimate of drug-likeness (QED) is 0.381. The fourth-order valence-electron chi connectivity index (χ4n) is 2.69. The fraction of sp³-hybridized carbons (Fsp3) is 0.0909. The zero-order valence-electron chi connectivity index (χ0n) is 16.9. The Bertz CT molecular complexity index is 1280.